The molecule has 2 aliphatic carbocycles. The van der Waals surface area contributed by atoms with Crippen molar-refractivity contribution in [1.29, 1.82) is 0 Å². The summed E-state index contributed by atoms with van der Waals surface area (Å²) >= 11 is 0. The van der Waals surface area contributed by atoms with Crippen LogP contribution in [0.2, 0.25) is 0 Å². The second-order valence-electron chi connectivity index (χ2n) is 6.51. The maximum Gasteiger partial charge on any atom is 0.311 e. The number of ether oxygens (including phenoxy) is 2. The van der Waals surface area contributed by atoms with E-state index >= 15 is 0 Å². The van der Waals surface area contributed by atoms with Gasteiger partial charge in [0.1, 0.15) is 12.2 Å². The van der Waals surface area contributed by atoms with Gasteiger partial charge in [0, 0.05) is 11.8 Å². The van der Waals surface area contributed by atoms with Crippen LogP contribution < -0.4 is 0 Å². The zero-order valence-electron chi connectivity index (χ0n) is 11.1. The summed E-state index contributed by atoms with van der Waals surface area (Å²) < 4.78 is 11.0. The quantitative estimate of drug-likeness (QED) is 0.720. The molecule has 4 unspecified atom stereocenters. The van der Waals surface area contributed by atoms with Crippen molar-refractivity contribution >= 4 is 11.9 Å². The minimum Gasteiger partial charge on any atom is -0.458 e. The Kier molecular flexibility index (Phi) is 2.48. The lowest BCUT2D eigenvalue weighted by Crippen LogP contribution is -2.39. The third-order valence-corrected chi connectivity index (χ3v) is 5.09. The molecule has 0 aromatic rings. The van der Waals surface area contributed by atoms with E-state index in [1.165, 1.54) is 0 Å². The van der Waals surface area contributed by atoms with Crippen LogP contribution in [0.3, 0.4) is 0 Å². The topological polar surface area (TPSA) is 52.6 Å². The highest BCUT2D eigenvalue weighted by Gasteiger charge is 2.63. The van der Waals surface area contributed by atoms with Crippen molar-refractivity contribution in [2.75, 3.05) is 0 Å². The Balaban J connectivity index is 1.73. The van der Waals surface area contributed by atoms with Crippen molar-refractivity contribution in [2.24, 2.45) is 23.2 Å². The number of esters is 2. The van der Waals surface area contributed by atoms with Crippen LogP contribution in [-0.2, 0) is 19.1 Å². The largest absolute Gasteiger partial charge is 0.458 e. The third-order valence-electron chi connectivity index (χ3n) is 5.09. The molecule has 3 aliphatic rings. The minimum atomic E-state index is -0.455. The van der Waals surface area contributed by atoms with Crippen LogP contribution in [0.5, 0.6) is 0 Å². The Morgan fingerprint density at radius 1 is 1.44 bits per heavy atom. The second-order valence-corrected chi connectivity index (χ2v) is 6.51. The van der Waals surface area contributed by atoms with Crippen LogP contribution in [0.15, 0.2) is 0 Å². The summed E-state index contributed by atoms with van der Waals surface area (Å²) in [4.78, 5) is 23.7. The molecular formula is C14H20O4. The summed E-state index contributed by atoms with van der Waals surface area (Å²) in [7, 11) is 0. The highest BCUT2D eigenvalue weighted by molar-refractivity contribution is 5.78. The first-order chi connectivity index (χ1) is 8.44. The van der Waals surface area contributed by atoms with E-state index in [1.807, 2.05) is 20.8 Å². The van der Waals surface area contributed by atoms with Gasteiger partial charge in [-0.25, -0.2) is 0 Å². The van der Waals surface area contributed by atoms with Gasteiger partial charge >= 0.3 is 11.9 Å². The van der Waals surface area contributed by atoms with Crippen LogP contribution in [0, 0.1) is 23.2 Å². The van der Waals surface area contributed by atoms with Gasteiger partial charge in [-0.05, 0) is 33.1 Å². The van der Waals surface area contributed by atoms with Gasteiger partial charge < -0.3 is 9.47 Å². The summed E-state index contributed by atoms with van der Waals surface area (Å²) in [5.41, 5.74) is -0.455. The van der Waals surface area contributed by atoms with Crippen LogP contribution in [0.25, 0.3) is 0 Å². The molecule has 1 aliphatic heterocycles. The van der Waals surface area contributed by atoms with E-state index in [4.69, 9.17) is 9.47 Å². The molecule has 0 amide bonds. The standard InChI is InChI=1S/C14H20O4/c1-4-14(2,3)13(16)18-10-7-5-8-9(6-7)12(15)17-11(8)10/h7-11H,4-6H2,1-3H3/t7-,8?,9?,10?,11?/m0/s1. The van der Waals surface area contributed by atoms with E-state index in [0.717, 1.165) is 19.3 Å². The Labute approximate surface area is 107 Å². The van der Waals surface area contributed by atoms with Crippen LogP contribution in [-0.4, -0.2) is 24.1 Å². The fourth-order valence-corrected chi connectivity index (χ4v) is 3.49. The van der Waals surface area contributed by atoms with Crippen LogP contribution >= 0.6 is 0 Å². The first-order valence-electron chi connectivity index (χ1n) is 6.85. The average Bonchev–Trinajstić information content (AvgIpc) is 2.93. The summed E-state index contributed by atoms with van der Waals surface area (Å²) in [5, 5.41) is 0. The molecule has 4 heteroatoms. The van der Waals surface area contributed by atoms with E-state index in [0.29, 0.717) is 11.8 Å². The number of hydrogen-bond donors (Lipinski definition) is 0. The molecule has 4 nitrogen and oxygen atoms in total. The SMILES string of the molecule is CCC(C)(C)C(=O)OC1C2OC(=O)C3C[C@@H]1CC32. The molecule has 0 radical (unpaired) electrons. The van der Waals surface area contributed by atoms with Crippen molar-refractivity contribution < 1.29 is 19.1 Å². The van der Waals surface area contributed by atoms with Crippen molar-refractivity contribution in [3.8, 4) is 0 Å². The lowest BCUT2D eigenvalue weighted by Gasteiger charge is -2.29. The highest BCUT2D eigenvalue weighted by Crippen LogP contribution is 2.55. The Morgan fingerprint density at radius 2 is 2.17 bits per heavy atom. The molecule has 1 saturated heterocycles. The normalized spacial score (nSPS) is 41.1. The lowest BCUT2D eigenvalue weighted by molar-refractivity contribution is -0.170. The first kappa shape index (κ1) is 12.0. The maximum absolute atomic E-state index is 12.1. The molecule has 0 N–H and O–H groups in total. The number of hydrogen-bond acceptors (Lipinski definition) is 4. The summed E-state index contributed by atoms with van der Waals surface area (Å²) in [6, 6.07) is 0. The summed E-state index contributed by atoms with van der Waals surface area (Å²) in [6.45, 7) is 5.77. The van der Waals surface area contributed by atoms with E-state index in [2.05, 4.69) is 0 Å². The van der Waals surface area contributed by atoms with Gasteiger partial charge in [0.25, 0.3) is 0 Å². The number of fused-ring (bicyclic) bond motifs is 1. The Morgan fingerprint density at radius 3 is 2.83 bits per heavy atom. The van der Waals surface area contributed by atoms with Gasteiger partial charge in [-0.15, -0.1) is 0 Å². The molecule has 0 aromatic heterocycles. The second kappa shape index (κ2) is 3.72. The highest BCUT2D eigenvalue weighted by atomic mass is 16.6. The van der Waals surface area contributed by atoms with Gasteiger partial charge in [-0.1, -0.05) is 6.92 Å². The van der Waals surface area contributed by atoms with Crippen LogP contribution in [0.1, 0.15) is 40.0 Å². The molecule has 100 valence electrons. The minimum absolute atomic E-state index is 0.0779. The van der Waals surface area contributed by atoms with Gasteiger partial charge in [-0.3, -0.25) is 9.59 Å². The van der Waals surface area contributed by atoms with E-state index in [-0.39, 0.29) is 30.1 Å². The molecule has 0 aromatic carbocycles. The zero-order chi connectivity index (χ0) is 13.1. The molecule has 5 atom stereocenters. The molecule has 1 heterocycles. The number of rotatable bonds is 3. The fourth-order valence-electron chi connectivity index (χ4n) is 3.49. The number of carbonyl (C=O) groups excluding carboxylic acids is 2. The molecule has 2 bridgehead atoms. The van der Waals surface area contributed by atoms with Crippen LogP contribution in [0.4, 0.5) is 0 Å². The number of carbonyl (C=O) groups is 2. The molecule has 3 rings (SSSR count). The molecule has 0 spiro atoms. The van der Waals surface area contributed by atoms with Crippen molar-refractivity contribution in [3.05, 3.63) is 0 Å². The van der Waals surface area contributed by atoms with E-state index < -0.39 is 5.41 Å². The van der Waals surface area contributed by atoms with Gasteiger partial charge in [-0.2, -0.15) is 0 Å². The van der Waals surface area contributed by atoms with Gasteiger partial charge in [0.05, 0.1) is 11.3 Å². The van der Waals surface area contributed by atoms with E-state index in [9.17, 15) is 9.59 Å². The summed E-state index contributed by atoms with van der Waals surface area (Å²) in [6.07, 6.45) is 2.20. The monoisotopic (exact) mass is 252 g/mol. The van der Waals surface area contributed by atoms with Crippen molar-refractivity contribution in [2.45, 2.75) is 52.2 Å². The Hall–Kier alpha value is -1.06. The fraction of sp³-hybridized carbons (Fsp3) is 0.857. The molecular weight excluding hydrogens is 232 g/mol. The van der Waals surface area contributed by atoms with Crippen molar-refractivity contribution in [1.82, 2.24) is 0 Å². The molecule has 18 heavy (non-hydrogen) atoms. The van der Waals surface area contributed by atoms with Gasteiger partial charge in [0.15, 0.2) is 0 Å². The van der Waals surface area contributed by atoms with Crippen molar-refractivity contribution in [3.63, 3.8) is 0 Å². The molecule has 3 fully saturated rings. The maximum atomic E-state index is 12.1. The average molecular weight is 252 g/mol. The smallest absolute Gasteiger partial charge is 0.311 e. The zero-order valence-corrected chi connectivity index (χ0v) is 11.1. The van der Waals surface area contributed by atoms with Gasteiger partial charge in [0.2, 0.25) is 0 Å². The van der Waals surface area contributed by atoms with E-state index in [1.54, 1.807) is 0 Å². The summed E-state index contributed by atoms with van der Waals surface area (Å²) in [5.74, 6) is 0.454. The lowest BCUT2D eigenvalue weighted by atomic mass is 9.87. The predicted molar refractivity (Wildman–Crippen MR) is 63.5 cm³/mol. The predicted octanol–water partition coefficient (Wildman–Crippen LogP) is 1.92. The molecule has 2 saturated carbocycles. The Bertz CT molecular complexity index is 401. The first-order valence-corrected chi connectivity index (χ1v) is 6.85. The third kappa shape index (κ3) is 1.50.